The number of halogens is 3. The number of hydrogen-bond acceptors (Lipinski definition) is 6. The van der Waals surface area contributed by atoms with Crippen LogP contribution in [-0.2, 0) is 15.6 Å². The second-order valence-corrected chi connectivity index (χ2v) is 9.33. The lowest BCUT2D eigenvalue weighted by Crippen LogP contribution is -2.28. The highest BCUT2D eigenvalue weighted by Crippen LogP contribution is 2.36. The van der Waals surface area contributed by atoms with E-state index in [0.29, 0.717) is 10.9 Å². The standard InChI is InChI=1S/C18H18F3N3O3S2/c1-17(9-10-28-16(22)23-17)12-3-2-4-13(11-12)24-29(25,26)15-7-5-14(6-8-15)27-18(19,20)21/h2-8,11,24H,9-10H2,1H3,(H2,22,23). The van der Waals surface area contributed by atoms with E-state index >= 15 is 0 Å². The molecule has 0 aromatic heterocycles. The van der Waals surface area contributed by atoms with Gasteiger partial charge in [0.2, 0.25) is 0 Å². The van der Waals surface area contributed by atoms with Gasteiger partial charge in [0.05, 0.1) is 10.4 Å². The molecule has 1 atom stereocenters. The van der Waals surface area contributed by atoms with Gasteiger partial charge in [-0.05, 0) is 55.3 Å². The number of anilines is 1. The van der Waals surface area contributed by atoms with Crippen LogP contribution in [0.15, 0.2) is 58.4 Å². The van der Waals surface area contributed by atoms with Crippen molar-refractivity contribution in [3.05, 3.63) is 54.1 Å². The zero-order valence-electron chi connectivity index (χ0n) is 15.2. The molecule has 1 aliphatic heterocycles. The fourth-order valence-corrected chi connectivity index (χ4v) is 4.87. The third-order valence-electron chi connectivity index (χ3n) is 4.30. The van der Waals surface area contributed by atoms with Crippen molar-refractivity contribution in [2.24, 2.45) is 10.7 Å². The van der Waals surface area contributed by atoms with Crippen molar-refractivity contribution < 1.29 is 26.3 Å². The first kappa shape index (κ1) is 21.3. The first-order valence-corrected chi connectivity index (χ1v) is 10.9. The van der Waals surface area contributed by atoms with Gasteiger partial charge >= 0.3 is 6.36 Å². The van der Waals surface area contributed by atoms with Crippen LogP contribution in [-0.4, -0.2) is 25.7 Å². The molecule has 2 aromatic rings. The smallest absolute Gasteiger partial charge is 0.406 e. The Kier molecular flexibility index (Phi) is 5.72. The van der Waals surface area contributed by atoms with Crippen LogP contribution in [0.2, 0.25) is 0 Å². The molecule has 2 aromatic carbocycles. The fourth-order valence-electron chi connectivity index (χ4n) is 2.85. The molecule has 11 heteroatoms. The number of thioether (sulfide) groups is 1. The van der Waals surface area contributed by atoms with Gasteiger partial charge in [-0.1, -0.05) is 23.9 Å². The monoisotopic (exact) mass is 445 g/mol. The van der Waals surface area contributed by atoms with Gasteiger partial charge in [-0.25, -0.2) is 8.42 Å². The van der Waals surface area contributed by atoms with E-state index < -0.39 is 27.7 Å². The van der Waals surface area contributed by atoms with Crippen LogP contribution in [0.25, 0.3) is 0 Å². The number of alkyl halides is 3. The molecule has 156 valence electrons. The van der Waals surface area contributed by atoms with Gasteiger partial charge in [-0.3, -0.25) is 9.71 Å². The topological polar surface area (TPSA) is 93.8 Å². The van der Waals surface area contributed by atoms with Crippen LogP contribution in [0.4, 0.5) is 18.9 Å². The maximum absolute atomic E-state index is 12.6. The molecule has 0 saturated carbocycles. The normalized spacial score (nSPS) is 20.1. The van der Waals surface area contributed by atoms with Crippen molar-refractivity contribution in [3.8, 4) is 5.75 Å². The third kappa shape index (κ3) is 5.36. The van der Waals surface area contributed by atoms with Gasteiger partial charge in [-0.15, -0.1) is 13.2 Å². The molecule has 0 spiro atoms. The zero-order chi connectivity index (χ0) is 21.3. The average molecular weight is 445 g/mol. The number of sulfonamides is 1. The van der Waals surface area contributed by atoms with E-state index in [0.717, 1.165) is 42.0 Å². The lowest BCUT2D eigenvalue weighted by molar-refractivity contribution is -0.274. The van der Waals surface area contributed by atoms with Crippen LogP contribution in [0.1, 0.15) is 18.9 Å². The second kappa shape index (κ2) is 7.79. The van der Waals surface area contributed by atoms with Gasteiger partial charge in [0, 0.05) is 11.4 Å². The first-order valence-electron chi connectivity index (χ1n) is 8.44. The van der Waals surface area contributed by atoms with Crippen LogP contribution in [0.3, 0.4) is 0 Å². The zero-order valence-corrected chi connectivity index (χ0v) is 16.9. The largest absolute Gasteiger partial charge is 0.573 e. The summed E-state index contributed by atoms with van der Waals surface area (Å²) in [4.78, 5) is 4.30. The van der Waals surface area contributed by atoms with Crippen molar-refractivity contribution in [2.45, 2.75) is 30.1 Å². The number of nitrogens with one attached hydrogen (secondary N) is 1. The molecule has 3 rings (SSSR count). The van der Waals surface area contributed by atoms with Crippen molar-refractivity contribution in [1.29, 1.82) is 0 Å². The van der Waals surface area contributed by atoms with Gasteiger partial charge < -0.3 is 10.5 Å². The number of nitrogens with zero attached hydrogens (tertiary/aromatic N) is 1. The second-order valence-electron chi connectivity index (χ2n) is 6.53. The average Bonchev–Trinajstić information content (AvgIpc) is 2.60. The summed E-state index contributed by atoms with van der Waals surface area (Å²) in [6.45, 7) is 1.92. The summed E-state index contributed by atoms with van der Waals surface area (Å²) in [5, 5.41) is 0.478. The Hall–Kier alpha value is -2.40. The summed E-state index contributed by atoms with van der Waals surface area (Å²) >= 11 is 1.47. The highest BCUT2D eigenvalue weighted by molar-refractivity contribution is 8.13. The molecule has 1 aliphatic rings. The van der Waals surface area contributed by atoms with E-state index in [1.807, 2.05) is 13.0 Å². The summed E-state index contributed by atoms with van der Waals surface area (Å²) in [6.07, 6.45) is -4.10. The Morgan fingerprint density at radius 1 is 1.21 bits per heavy atom. The van der Waals surface area contributed by atoms with Crippen LogP contribution in [0, 0.1) is 0 Å². The van der Waals surface area contributed by atoms with Gasteiger partial charge in [-0.2, -0.15) is 0 Å². The van der Waals surface area contributed by atoms with E-state index in [9.17, 15) is 21.6 Å². The van der Waals surface area contributed by atoms with Crippen LogP contribution >= 0.6 is 11.8 Å². The van der Waals surface area contributed by atoms with E-state index in [4.69, 9.17) is 5.73 Å². The highest BCUT2D eigenvalue weighted by Gasteiger charge is 2.31. The third-order valence-corrected chi connectivity index (χ3v) is 6.49. The van der Waals surface area contributed by atoms with Gasteiger partial charge in [0.1, 0.15) is 5.75 Å². The molecule has 0 bridgehead atoms. The quantitative estimate of drug-likeness (QED) is 0.724. The van der Waals surface area contributed by atoms with Gasteiger partial charge in [0.25, 0.3) is 10.0 Å². The van der Waals surface area contributed by atoms with Crippen molar-refractivity contribution >= 4 is 32.6 Å². The van der Waals surface area contributed by atoms with E-state index in [2.05, 4.69) is 14.5 Å². The minimum absolute atomic E-state index is 0.194. The molecule has 0 amide bonds. The van der Waals surface area contributed by atoms with E-state index in [1.54, 1.807) is 18.2 Å². The van der Waals surface area contributed by atoms with Crippen molar-refractivity contribution in [1.82, 2.24) is 0 Å². The predicted octanol–water partition coefficient (Wildman–Crippen LogP) is 4.05. The number of benzene rings is 2. The fraction of sp³-hybridized carbons (Fsp3) is 0.278. The Morgan fingerprint density at radius 3 is 2.52 bits per heavy atom. The Balaban J connectivity index is 1.81. The Bertz CT molecular complexity index is 1020. The molecule has 1 unspecified atom stereocenters. The number of aliphatic imine (C=N–C) groups is 1. The van der Waals surface area contributed by atoms with Crippen molar-refractivity contribution in [2.75, 3.05) is 10.5 Å². The van der Waals surface area contributed by atoms with Crippen LogP contribution < -0.4 is 15.2 Å². The van der Waals surface area contributed by atoms with Crippen LogP contribution in [0.5, 0.6) is 5.75 Å². The van der Waals surface area contributed by atoms with Gasteiger partial charge in [0.15, 0.2) is 5.17 Å². The first-order chi connectivity index (χ1) is 13.5. The summed E-state index contributed by atoms with van der Waals surface area (Å²) in [5.41, 5.74) is 6.38. The predicted molar refractivity (Wildman–Crippen MR) is 106 cm³/mol. The summed E-state index contributed by atoms with van der Waals surface area (Å²) in [6, 6.07) is 10.8. The molecule has 1 heterocycles. The SMILES string of the molecule is CC1(c2cccc(NS(=O)(=O)c3ccc(OC(F)(F)F)cc3)c2)CCSC(N)=N1. The molecular weight excluding hydrogens is 427 g/mol. The number of ether oxygens (including phenoxy) is 1. The minimum Gasteiger partial charge on any atom is -0.406 e. The van der Waals surface area contributed by atoms with E-state index in [-0.39, 0.29) is 4.90 Å². The Labute approximate surface area is 170 Å². The number of hydrogen-bond donors (Lipinski definition) is 2. The summed E-state index contributed by atoms with van der Waals surface area (Å²) in [5.74, 6) is 0.297. The highest BCUT2D eigenvalue weighted by atomic mass is 32.2. The number of amidine groups is 1. The maximum Gasteiger partial charge on any atom is 0.573 e. The summed E-state index contributed by atoms with van der Waals surface area (Å²) in [7, 11) is -4.00. The molecule has 0 aliphatic carbocycles. The lowest BCUT2D eigenvalue weighted by atomic mass is 9.89. The Morgan fingerprint density at radius 2 is 1.90 bits per heavy atom. The van der Waals surface area contributed by atoms with Crippen molar-refractivity contribution in [3.63, 3.8) is 0 Å². The molecule has 3 N–H and O–H groups in total. The molecule has 29 heavy (non-hydrogen) atoms. The number of rotatable bonds is 5. The summed E-state index contributed by atoms with van der Waals surface area (Å²) < 4.78 is 68.1. The number of nitrogens with two attached hydrogens (primary N) is 1. The molecule has 0 saturated heterocycles. The maximum atomic E-state index is 12.6. The molecular formula is C18H18F3N3O3S2. The molecule has 0 fully saturated rings. The minimum atomic E-state index is -4.85. The lowest BCUT2D eigenvalue weighted by Gasteiger charge is -2.30. The van der Waals surface area contributed by atoms with E-state index in [1.165, 1.54) is 11.8 Å². The molecule has 0 radical (unpaired) electrons. The molecule has 6 nitrogen and oxygen atoms in total.